The molecule has 0 saturated carbocycles. The van der Waals surface area contributed by atoms with Crippen molar-refractivity contribution in [1.29, 1.82) is 0 Å². The number of nitrogens with one attached hydrogen (secondary N) is 1. The quantitative estimate of drug-likeness (QED) is 0.827. The summed E-state index contributed by atoms with van der Waals surface area (Å²) >= 11 is 0. The Morgan fingerprint density at radius 2 is 1.86 bits per heavy atom. The lowest BCUT2D eigenvalue weighted by atomic mass is 10.1. The Bertz CT molecular complexity index is 534. The standard InChI is InChI=1S/C16H22N4O/c1-3-8-14(9-4-1)15-18-19-16(21-15)17-10-7-13-20-11-5-2-6-12-20/h1,3-4,8-9H,2,5-7,10-13H2,(H,17,19). The largest absolute Gasteiger partial charge is 0.403 e. The molecule has 0 spiro atoms. The first-order chi connectivity index (χ1) is 10.4. The van der Waals surface area contributed by atoms with Gasteiger partial charge in [0.15, 0.2) is 0 Å². The van der Waals surface area contributed by atoms with E-state index in [0.29, 0.717) is 11.9 Å². The zero-order valence-electron chi connectivity index (χ0n) is 12.3. The molecule has 1 saturated heterocycles. The maximum atomic E-state index is 5.61. The molecule has 5 heteroatoms. The summed E-state index contributed by atoms with van der Waals surface area (Å²) in [6.07, 6.45) is 5.18. The normalized spacial score (nSPS) is 16.0. The number of anilines is 1. The van der Waals surface area contributed by atoms with Crippen LogP contribution in [0, 0.1) is 0 Å². The highest BCUT2D eigenvalue weighted by Gasteiger charge is 2.10. The van der Waals surface area contributed by atoms with Crippen molar-refractivity contribution in [3.05, 3.63) is 30.3 Å². The average Bonchev–Trinajstić information content (AvgIpc) is 3.02. The molecule has 3 rings (SSSR count). The van der Waals surface area contributed by atoms with Gasteiger partial charge in [0, 0.05) is 12.1 Å². The van der Waals surface area contributed by atoms with Crippen LogP contribution < -0.4 is 5.32 Å². The lowest BCUT2D eigenvalue weighted by molar-refractivity contribution is 0.228. The SMILES string of the molecule is c1ccc(-c2nnc(NCCCN3CCCCC3)o2)cc1. The first-order valence-corrected chi connectivity index (χ1v) is 7.77. The van der Waals surface area contributed by atoms with Crippen LogP contribution in [0.2, 0.25) is 0 Å². The van der Waals surface area contributed by atoms with Crippen LogP contribution in [0.5, 0.6) is 0 Å². The highest BCUT2D eigenvalue weighted by Crippen LogP contribution is 2.18. The molecule has 0 amide bonds. The van der Waals surface area contributed by atoms with E-state index < -0.39 is 0 Å². The van der Waals surface area contributed by atoms with Crippen LogP contribution in [0.25, 0.3) is 11.5 Å². The molecule has 1 N–H and O–H groups in total. The fourth-order valence-electron chi connectivity index (χ4n) is 2.67. The number of rotatable bonds is 6. The molecule has 112 valence electrons. The maximum Gasteiger partial charge on any atom is 0.315 e. The van der Waals surface area contributed by atoms with Gasteiger partial charge < -0.3 is 14.6 Å². The molecular formula is C16H22N4O. The van der Waals surface area contributed by atoms with Gasteiger partial charge in [0.05, 0.1) is 0 Å². The van der Waals surface area contributed by atoms with Crippen molar-refractivity contribution in [1.82, 2.24) is 15.1 Å². The molecule has 1 aliphatic heterocycles. The van der Waals surface area contributed by atoms with Crippen molar-refractivity contribution in [2.45, 2.75) is 25.7 Å². The summed E-state index contributed by atoms with van der Waals surface area (Å²) in [5.74, 6) is 0.564. The molecular weight excluding hydrogens is 264 g/mol. The lowest BCUT2D eigenvalue weighted by Crippen LogP contribution is -2.31. The van der Waals surface area contributed by atoms with Gasteiger partial charge in [0.25, 0.3) is 0 Å². The van der Waals surface area contributed by atoms with E-state index in [0.717, 1.165) is 25.1 Å². The Labute approximate surface area is 125 Å². The minimum Gasteiger partial charge on any atom is -0.403 e. The van der Waals surface area contributed by atoms with E-state index in [9.17, 15) is 0 Å². The van der Waals surface area contributed by atoms with Gasteiger partial charge in [-0.25, -0.2) is 0 Å². The number of likely N-dealkylation sites (tertiary alicyclic amines) is 1. The van der Waals surface area contributed by atoms with Crippen molar-refractivity contribution in [3.63, 3.8) is 0 Å². The second-order valence-electron chi connectivity index (χ2n) is 5.46. The van der Waals surface area contributed by atoms with E-state index >= 15 is 0 Å². The van der Waals surface area contributed by atoms with Crippen LogP contribution in [0.4, 0.5) is 6.01 Å². The van der Waals surface area contributed by atoms with Gasteiger partial charge in [-0.15, -0.1) is 5.10 Å². The molecule has 2 aromatic rings. The number of aromatic nitrogens is 2. The fourth-order valence-corrected chi connectivity index (χ4v) is 2.67. The molecule has 1 aliphatic rings. The molecule has 21 heavy (non-hydrogen) atoms. The van der Waals surface area contributed by atoms with Crippen molar-refractivity contribution >= 4 is 6.01 Å². The number of benzene rings is 1. The van der Waals surface area contributed by atoms with Gasteiger partial charge in [0.2, 0.25) is 5.89 Å². The summed E-state index contributed by atoms with van der Waals surface area (Å²) in [6.45, 7) is 4.51. The van der Waals surface area contributed by atoms with E-state index in [4.69, 9.17) is 4.42 Å². The number of hydrogen-bond acceptors (Lipinski definition) is 5. The minimum atomic E-state index is 0.507. The van der Waals surface area contributed by atoms with Crippen LogP contribution in [0.1, 0.15) is 25.7 Å². The monoisotopic (exact) mass is 286 g/mol. The summed E-state index contributed by atoms with van der Waals surface area (Å²) in [6, 6.07) is 10.3. The molecule has 0 bridgehead atoms. The molecule has 0 radical (unpaired) electrons. The van der Waals surface area contributed by atoms with Crippen molar-refractivity contribution in [2.75, 3.05) is 31.5 Å². The van der Waals surface area contributed by atoms with Gasteiger partial charge in [-0.1, -0.05) is 29.7 Å². The van der Waals surface area contributed by atoms with Crippen LogP contribution in [-0.2, 0) is 0 Å². The molecule has 0 atom stereocenters. The smallest absolute Gasteiger partial charge is 0.315 e. The topological polar surface area (TPSA) is 54.2 Å². The van der Waals surface area contributed by atoms with E-state index in [1.54, 1.807) is 0 Å². The van der Waals surface area contributed by atoms with Gasteiger partial charge in [-0.2, -0.15) is 0 Å². The Balaban J connectivity index is 1.42. The Hall–Kier alpha value is -1.88. The van der Waals surface area contributed by atoms with Crippen molar-refractivity contribution < 1.29 is 4.42 Å². The van der Waals surface area contributed by atoms with Crippen molar-refractivity contribution in [3.8, 4) is 11.5 Å². The summed E-state index contributed by atoms with van der Waals surface area (Å²) in [4.78, 5) is 2.54. The molecule has 2 heterocycles. The van der Waals surface area contributed by atoms with E-state index in [1.165, 1.54) is 32.4 Å². The van der Waals surface area contributed by atoms with E-state index in [2.05, 4.69) is 20.4 Å². The van der Waals surface area contributed by atoms with Crippen LogP contribution in [0.3, 0.4) is 0 Å². The molecule has 1 aromatic carbocycles. The molecule has 1 aromatic heterocycles. The zero-order chi connectivity index (χ0) is 14.3. The first-order valence-electron chi connectivity index (χ1n) is 7.77. The van der Waals surface area contributed by atoms with Gasteiger partial charge in [-0.05, 0) is 51.0 Å². The Kier molecular flexibility index (Phi) is 4.84. The molecule has 0 unspecified atom stereocenters. The highest BCUT2D eigenvalue weighted by molar-refractivity contribution is 5.52. The highest BCUT2D eigenvalue weighted by atomic mass is 16.4. The third-order valence-corrected chi connectivity index (χ3v) is 3.82. The second kappa shape index (κ2) is 7.22. The lowest BCUT2D eigenvalue weighted by Gasteiger charge is -2.26. The zero-order valence-corrected chi connectivity index (χ0v) is 12.3. The van der Waals surface area contributed by atoms with Gasteiger partial charge in [-0.3, -0.25) is 0 Å². The summed E-state index contributed by atoms with van der Waals surface area (Å²) in [5.41, 5.74) is 0.950. The fraction of sp³-hybridized carbons (Fsp3) is 0.500. The Morgan fingerprint density at radius 3 is 2.67 bits per heavy atom. The predicted octanol–water partition coefficient (Wildman–Crippen LogP) is 3.02. The summed E-state index contributed by atoms with van der Waals surface area (Å²) < 4.78 is 5.61. The molecule has 0 aliphatic carbocycles. The average molecular weight is 286 g/mol. The summed E-state index contributed by atoms with van der Waals surface area (Å²) in [5, 5.41) is 11.3. The van der Waals surface area contributed by atoms with Crippen LogP contribution >= 0.6 is 0 Å². The summed E-state index contributed by atoms with van der Waals surface area (Å²) in [7, 11) is 0. The molecule has 1 fully saturated rings. The number of nitrogens with zero attached hydrogens (tertiary/aromatic N) is 3. The first kappa shape index (κ1) is 14.1. The number of piperidine rings is 1. The minimum absolute atomic E-state index is 0.507. The van der Waals surface area contributed by atoms with Crippen LogP contribution in [0.15, 0.2) is 34.7 Å². The van der Waals surface area contributed by atoms with E-state index in [-0.39, 0.29) is 0 Å². The maximum absolute atomic E-state index is 5.61. The third kappa shape index (κ3) is 4.04. The number of hydrogen-bond donors (Lipinski definition) is 1. The van der Waals surface area contributed by atoms with Crippen molar-refractivity contribution in [2.24, 2.45) is 0 Å². The van der Waals surface area contributed by atoms with E-state index in [1.807, 2.05) is 30.3 Å². The Morgan fingerprint density at radius 1 is 1.05 bits per heavy atom. The predicted molar refractivity (Wildman–Crippen MR) is 83.1 cm³/mol. The van der Waals surface area contributed by atoms with Crippen LogP contribution in [-0.4, -0.2) is 41.3 Å². The third-order valence-electron chi connectivity index (χ3n) is 3.82. The second-order valence-corrected chi connectivity index (χ2v) is 5.46. The van der Waals surface area contributed by atoms with Gasteiger partial charge >= 0.3 is 6.01 Å². The molecule has 5 nitrogen and oxygen atoms in total. The van der Waals surface area contributed by atoms with Gasteiger partial charge in [0.1, 0.15) is 0 Å².